The highest BCUT2D eigenvalue weighted by molar-refractivity contribution is 6.30. The van der Waals surface area contributed by atoms with Gasteiger partial charge in [0.15, 0.2) is 0 Å². The Hall–Kier alpha value is -2.79. The summed E-state index contributed by atoms with van der Waals surface area (Å²) in [5.74, 6) is 1.30. The number of amides is 1. The van der Waals surface area contributed by atoms with Gasteiger partial charge in [-0.1, -0.05) is 42.7 Å². The number of hydrogen-bond acceptors (Lipinski definition) is 4. The molecule has 0 bridgehead atoms. The molecule has 1 N–H and O–H groups in total. The van der Waals surface area contributed by atoms with Gasteiger partial charge in [-0.15, -0.1) is 0 Å². The average molecular weight is 413 g/mol. The van der Waals surface area contributed by atoms with Crippen LogP contribution in [0.1, 0.15) is 46.8 Å². The van der Waals surface area contributed by atoms with E-state index in [9.17, 15) is 4.79 Å². The molecule has 0 atom stereocenters. The fraction of sp³-hybridized carbons (Fsp3) is 0.304. The van der Waals surface area contributed by atoms with Gasteiger partial charge >= 0.3 is 0 Å². The second-order valence-electron chi connectivity index (χ2n) is 7.69. The van der Waals surface area contributed by atoms with Crippen LogP contribution >= 0.6 is 11.6 Å². The Bertz CT molecular complexity index is 974. The first-order valence-electron chi connectivity index (χ1n) is 9.45. The molecule has 152 valence electrons. The van der Waals surface area contributed by atoms with Gasteiger partial charge in [-0.3, -0.25) is 4.79 Å². The van der Waals surface area contributed by atoms with E-state index in [2.05, 4.69) is 24.3 Å². The molecule has 1 heterocycles. The molecule has 0 fully saturated rings. The van der Waals surface area contributed by atoms with Crippen molar-refractivity contribution in [2.75, 3.05) is 6.54 Å². The number of carbonyl (C=O) groups is 1. The summed E-state index contributed by atoms with van der Waals surface area (Å²) in [6, 6.07) is 14.8. The molecular formula is C23H25ClN2O3. The number of aromatic nitrogens is 1. The first-order valence-corrected chi connectivity index (χ1v) is 9.83. The van der Waals surface area contributed by atoms with Gasteiger partial charge in [0.25, 0.3) is 5.91 Å². The highest BCUT2D eigenvalue weighted by Crippen LogP contribution is 2.25. The molecule has 0 aliphatic rings. The fourth-order valence-electron chi connectivity index (χ4n) is 2.98. The summed E-state index contributed by atoms with van der Waals surface area (Å²) in [4.78, 5) is 12.5. The SMILES string of the molecule is Cc1noc(C)c1COc1ccc(C(=O)NCC(C)(C)c2cccc(Cl)c2)cc1. The molecule has 3 aromatic rings. The van der Waals surface area contributed by atoms with Crippen LogP contribution in [0.15, 0.2) is 53.1 Å². The minimum absolute atomic E-state index is 0.127. The zero-order chi connectivity index (χ0) is 21.0. The van der Waals surface area contributed by atoms with E-state index in [0.29, 0.717) is 29.5 Å². The third-order valence-corrected chi connectivity index (χ3v) is 5.21. The first-order chi connectivity index (χ1) is 13.8. The molecule has 6 heteroatoms. The number of benzene rings is 2. The van der Waals surface area contributed by atoms with Gasteiger partial charge in [-0.2, -0.15) is 0 Å². The molecule has 0 unspecified atom stereocenters. The van der Waals surface area contributed by atoms with E-state index in [-0.39, 0.29) is 11.3 Å². The van der Waals surface area contributed by atoms with Crippen molar-refractivity contribution in [1.82, 2.24) is 10.5 Å². The summed E-state index contributed by atoms with van der Waals surface area (Å²) >= 11 is 6.09. The number of rotatable bonds is 7. The van der Waals surface area contributed by atoms with Gasteiger partial charge in [0.05, 0.1) is 11.3 Å². The van der Waals surface area contributed by atoms with E-state index in [1.54, 1.807) is 24.3 Å². The predicted octanol–water partition coefficient (Wildman–Crippen LogP) is 5.23. The third kappa shape index (κ3) is 5.18. The van der Waals surface area contributed by atoms with E-state index < -0.39 is 0 Å². The fourth-order valence-corrected chi connectivity index (χ4v) is 3.17. The zero-order valence-corrected chi connectivity index (χ0v) is 17.8. The summed E-state index contributed by atoms with van der Waals surface area (Å²) in [5.41, 5.74) is 3.18. The van der Waals surface area contributed by atoms with Crippen molar-refractivity contribution in [2.24, 2.45) is 0 Å². The van der Waals surface area contributed by atoms with E-state index in [1.165, 1.54) is 0 Å². The molecular weight excluding hydrogens is 388 g/mol. The molecule has 29 heavy (non-hydrogen) atoms. The van der Waals surface area contributed by atoms with Gasteiger partial charge in [-0.05, 0) is 55.8 Å². The molecule has 0 saturated carbocycles. The molecule has 0 spiro atoms. The highest BCUT2D eigenvalue weighted by Gasteiger charge is 2.22. The van der Waals surface area contributed by atoms with Gasteiger partial charge in [0.1, 0.15) is 18.1 Å². The lowest BCUT2D eigenvalue weighted by atomic mass is 9.84. The van der Waals surface area contributed by atoms with Gasteiger partial charge in [-0.25, -0.2) is 0 Å². The topological polar surface area (TPSA) is 64.4 Å². The summed E-state index contributed by atoms with van der Waals surface area (Å²) in [6.45, 7) is 8.76. The van der Waals surface area contributed by atoms with Gasteiger partial charge in [0, 0.05) is 22.5 Å². The van der Waals surface area contributed by atoms with Crippen molar-refractivity contribution in [3.05, 3.63) is 81.7 Å². The number of nitrogens with zero attached hydrogens (tertiary/aromatic N) is 1. The van der Waals surface area contributed by atoms with Crippen LogP contribution < -0.4 is 10.1 Å². The number of carbonyl (C=O) groups excluding carboxylic acids is 1. The Balaban J connectivity index is 1.57. The van der Waals surface area contributed by atoms with E-state index in [1.807, 2.05) is 38.1 Å². The predicted molar refractivity (Wildman–Crippen MR) is 114 cm³/mol. The molecule has 5 nitrogen and oxygen atoms in total. The first kappa shape index (κ1) is 20.9. The Labute approximate surface area is 176 Å². The van der Waals surface area contributed by atoms with Crippen molar-refractivity contribution in [1.29, 1.82) is 0 Å². The summed E-state index contributed by atoms with van der Waals surface area (Å²) in [6.07, 6.45) is 0. The minimum Gasteiger partial charge on any atom is -0.489 e. The Kier molecular flexibility index (Phi) is 6.28. The number of hydrogen-bond donors (Lipinski definition) is 1. The molecule has 3 rings (SSSR count). The number of nitrogens with one attached hydrogen (secondary N) is 1. The second-order valence-corrected chi connectivity index (χ2v) is 8.13. The Morgan fingerprint density at radius 2 is 1.90 bits per heavy atom. The van der Waals surface area contributed by atoms with Crippen molar-refractivity contribution in [3.8, 4) is 5.75 Å². The molecule has 0 aliphatic heterocycles. The normalized spacial score (nSPS) is 11.3. The van der Waals surface area contributed by atoms with E-state index in [0.717, 1.165) is 22.6 Å². The standard InChI is InChI=1S/C23H25ClN2O3/c1-15-21(16(2)29-26-15)13-28-20-10-8-17(9-11-20)22(27)25-14-23(3,4)18-6-5-7-19(24)12-18/h5-12H,13-14H2,1-4H3,(H,25,27). The van der Waals surface area contributed by atoms with Crippen LogP contribution in [0, 0.1) is 13.8 Å². The van der Waals surface area contributed by atoms with Crippen molar-refractivity contribution < 1.29 is 14.1 Å². The van der Waals surface area contributed by atoms with Gasteiger partial charge in [0.2, 0.25) is 0 Å². The van der Waals surface area contributed by atoms with Gasteiger partial charge < -0.3 is 14.6 Å². The number of ether oxygens (including phenoxy) is 1. The molecule has 2 aromatic carbocycles. The van der Waals surface area contributed by atoms with Crippen molar-refractivity contribution in [2.45, 2.75) is 39.7 Å². The highest BCUT2D eigenvalue weighted by atomic mass is 35.5. The van der Waals surface area contributed by atoms with Crippen LogP contribution in [0.4, 0.5) is 0 Å². The Morgan fingerprint density at radius 3 is 2.52 bits per heavy atom. The largest absolute Gasteiger partial charge is 0.489 e. The summed E-state index contributed by atoms with van der Waals surface area (Å²) in [5, 5.41) is 7.61. The molecule has 0 radical (unpaired) electrons. The van der Waals surface area contributed by atoms with E-state index >= 15 is 0 Å². The maximum atomic E-state index is 12.5. The van der Waals surface area contributed by atoms with E-state index in [4.69, 9.17) is 20.9 Å². The van der Waals surface area contributed by atoms with Crippen molar-refractivity contribution in [3.63, 3.8) is 0 Å². The number of aryl methyl sites for hydroxylation is 2. The Morgan fingerprint density at radius 1 is 1.17 bits per heavy atom. The summed E-state index contributed by atoms with van der Waals surface area (Å²) in [7, 11) is 0. The lowest BCUT2D eigenvalue weighted by molar-refractivity contribution is 0.0945. The quantitative estimate of drug-likeness (QED) is 0.577. The molecule has 0 aliphatic carbocycles. The molecule has 1 amide bonds. The second kappa shape index (κ2) is 8.70. The van der Waals surface area contributed by atoms with Crippen LogP contribution in [0.5, 0.6) is 5.75 Å². The average Bonchev–Trinajstić information content (AvgIpc) is 3.02. The maximum Gasteiger partial charge on any atom is 0.251 e. The molecule has 1 aromatic heterocycles. The minimum atomic E-state index is -0.238. The lowest BCUT2D eigenvalue weighted by Crippen LogP contribution is -2.36. The maximum absolute atomic E-state index is 12.5. The smallest absolute Gasteiger partial charge is 0.251 e. The zero-order valence-electron chi connectivity index (χ0n) is 17.1. The van der Waals surface area contributed by atoms with Crippen LogP contribution in [-0.2, 0) is 12.0 Å². The number of halogens is 1. The summed E-state index contributed by atoms with van der Waals surface area (Å²) < 4.78 is 10.9. The molecule has 0 saturated heterocycles. The lowest BCUT2D eigenvalue weighted by Gasteiger charge is -2.26. The monoisotopic (exact) mass is 412 g/mol. The van der Waals surface area contributed by atoms with Crippen molar-refractivity contribution >= 4 is 17.5 Å². The van der Waals surface area contributed by atoms with Crippen LogP contribution in [0.3, 0.4) is 0 Å². The van der Waals surface area contributed by atoms with Crippen LogP contribution in [-0.4, -0.2) is 17.6 Å². The van der Waals surface area contributed by atoms with Crippen LogP contribution in [0.2, 0.25) is 5.02 Å². The van der Waals surface area contributed by atoms with Crippen LogP contribution in [0.25, 0.3) is 0 Å². The third-order valence-electron chi connectivity index (χ3n) is 4.98.